The third kappa shape index (κ3) is 3.61. The molecule has 0 N–H and O–H groups in total. The lowest BCUT2D eigenvalue weighted by Gasteiger charge is -2.37. The number of furan rings is 1. The lowest BCUT2D eigenvalue weighted by Crippen LogP contribution is -2.52. The Labute approximate surface area is 119 Å². The summed E-state index contributed by atoms with van der Waals surface area (Å²) in [5.41, 5.74) is 0. The van der Waals surface area contributed by atoms with Gasteiger partial charge in [0, 0.05) is 31.9 Å². The van der Waals surface area contributed by atoms with E-state index in [1.807, 2.05) is 14.0 Å². The van der Waals surface area contributed by atoms with Gasteiger partial charge in [-0.2, -0.15) is 0 Å². The number of amides is 1. The van der Waals surface area contributed by atoms with E-state index in [1.165, 1.54) is 0 Å². The molecule has 6 nitrogen and oxygen atoms in total. The van der Waals surface area contributed by atoms with Crippen LogP contribution in [0, 0.1) is 0 Å². The number of nitrogens with zero attached hydrogens (tertiary/aromatic N) is 2. The Bertz CT molecular complexity index is 593. The molecular weight excluding hydrogens is 280 g/mol. The smallest absolute Gasteiger partial charge is 0.289 e. The Morgan fingerprint density at radius 3 is 2.70 bits per heavy atom. The second-order valence-corrected chi connectivity index (χ2v) is 7.59. The van der Waals surface area contributed by atoms with Crippen LogP contribution in [0.1, 0.15) is 23.2 Å². The molecule has 1 atom stereocenters. The minimum atomic E-state index is -3.16. The number of hydrogen-bond acceptors (Lipinski definition) is 5. The number of carbonyl (C=O) groups excluding carboxylic acids is 1. The van der Waals surface area contributed by atoms with Crippen molar-refractivity contribution in [3.63, 3.8) is 0 Å². The van der Waals surface area contributed by atoms with E-state index in [-0.39, 0.29) is 23.5 Å². The first-order valence-corrected chi connectivity index (χ1v) is 8.58. The molecular formula is C13H20N2O4S. The Hall–Kier alpha value is -1.34. The highest BCUT2D eigenvalue weighted by molar-refractivity contribution is 7.89. The molecule has 0 radical (unpaired) electrons. The van der Waals surface area contributed by atoms with Crippen molar-refractivity contribution in [1.29, 1.82) is 0 Å². The number of likely N-dealkylation sites (N-methyl/N-ethyl adjacent to an activating group) is 1. The lowest BCUT2D eigenvalue weighted by atomic mass is 10.2. The van der Waals surface area contributed by atoms with Gasteiger partial charge in [0.2, 0.25) is 0 Å². The molecule has 1 aromatic heterocycles. The third-order valence-corrected chi connectivity index (χ3v) is 4.18. The van der Waals surface area contributed by atoms with Crippen LogP contribution in [-0.2, 0) is 15.6 Å². The van der Waals surface area contributed by atoms with E-state index in [9.17, 15) is 13.2 Å². The number of sulfone groups is 1. The van der Waals surface area contributed by atoms with Gasteiger partial charge in [-0.05, 0) is 26.1 Å². The van der Waals surface area contributed by atoms with Gasteiger partial charge >= 0.3 is 0 Å². The van der Waals surface area contributed by atoms with Gasteiger partial charge < -0.3 is 14.2 Å². The average molecular weight is 300 g/mol. The lowest BCUT2D eigenvalue weighted by molar-refractivity contribution is 0.0501. The van der Waals surface area contributed by atoms with E-state index >= 15 is 0 Å². The molecule has 1 aliphatic heterocycles. The largest absolute Gasteiger partial charge is 0.455 e. The van der Waals surface area contributed by atoms with E-state index in [1.54, 1.807) is 17.0 Å². The predicted octanol–water partition coefficient (Wildman–Crippen LogP) is 0.600. The molecule has 112 valence electrons. The molecule has 1 saturated heterocycles. The average Bonchev–Trinajstić information content (AvgIpc) is 2.74. The molecule has 0 bridgehead atoms. The van der Waals surface area contributed by atoms with Gasteiger partial charge in [-0.1, -0.05) is 0 Å². The van der Waals surface area contributed by atoms with Gasteiger partial charge in [0.1, 0.15) is 11.5 Å². The fourth-order valence-corrected chi connectivity index (χ4v) is 3.08. The van der Waals surface area contributed by atoms with Crippen molar-refractivity contribution in [2.24, 2.45) is 0 Å². The van der Waals surface area contributed by atoms with Crippen molar-refractivity contribution in [3.8, 4) is 0 Å². The monoisotopic (exact) mass is 300 g/mol. The van der Waals surface area contributed by atoms with Gasteiger partial charge in [-0.25, -0.2) is 8.42 Å². The van der Waals surface area contributed by atoms with E-state index < -0.39 is 9.84 Å². The zero-order chi connectivity index (χ0) is 14.9. The Morgan fingerprint density at radius 1 is 1.40 bits per heavy atom. The van der Waals surface area contributed by atoms with Crippen molar-refractivity contribution in [1.82, 2.24) is 9.80 Å². The number of hydrogen-bond donors (Lipinski definition) is 0. The summed E-state index contributed by atoms with van der Waals surface area (Å²) in [6.45, 7) is 4.29. The summed E-state index contributed by atoms with van der Waals surface area (Å²) >= 11 is 0. The van der Waals surface area contributed by atoms with Crippen LogP contribution in [0.25, 0.3) is 0 Å². The quantitative estimate of drug-likeness (QED) is 0.817. The molecule has 2 heterocycles. The first kappa shape index (κ1) is 15.1. The van der Waals surface area contributed by atoms with Crippen LogP contribution in [0.2, 0.25) is 0 Å². The van der Waals surface area contributed by atoms with E-state index in [0.717, 1.165) is 19.3 Å². The third-order valence-electron chi connectivity index (χ3n) is 3.37. The fourth-order valence-electron chi connectivity index (χ4n) is 2.41. The minimum Gasteiger partial charge on any atom is -0.455 e. The molecule has 7 heteroatoms. The highest BCUT2D eigenvalue weighted by Crippen LogP contribution is 2.16. The zero-order valence-electron chi connectivity index (χ0n) is 12.0. The van der Waals surface area contributed by atoms with Crippen LogP contribution in [-0.4, -0.2) is 63.1 Å². The standard InChI is InChI=1S/C13H20N2O4S/c1-10-8-14(2)6-7-15(10)13(16)12-5-4-11(19-12)9-20(3,17)18/h4-5,10H,6-9H2,1-3H3/t10-/m0/s1. The van der Waals surface area contributed by atoms with Crippen molar-refractivity contribution in [3.05, 3.63) is 23.7 Å². The minimum absolute atomic E-state index is 0.115. The predicted molar refractivity (Wildman–Crippen MR) is 75.3 cm³/mol. The van der Waals surface area contributed by atoms with Crippen LogP contribution in [0.5, 0.6) is 0 Å². The topological polar surface area (TPSA) is 70.8 Å². The maximum atomic E-state index is 12.4. The Balaban J connectivity index is 2.10. The molecule has 0 unspecified atom stereocenters. The number of rotatable bonds is 3. The molecule has 0 aromatic carbocycles. The van der Waals surface area contributed by atoms with E-state index in [4.69, 9.17) is 4.42 Å². The summed E-state index contributed by atoms with van der Waals surface area (Å²) in [4.78, 5) is 16.3. The first-order chi connectivity index (χ1) is 9.26. The molecule has 0 aliphatic carbocycles. The highest BCUT2D eigenvalue weighted by Gasteiger charge is 2.28. The van der Waals surface area contributed by atoms with Crippen LogP contribution in [0.3, 0.4) is 0 Å². The van der Waals surface area contributed by atoms with Crippen LogP contribution < -0.4 is 0 Å². The summed E-state index contributed by atoms with van der Waals surface area (Å²) in [6, 6.07) is 3.22. The molecule has 20 heavy (non-hydrogen) atoms. The van der Waals surface area contributed by atoms with Gasteiger partial charge in [0.05, 0.1) is 0 Å². The summed E-state index contributed by atoms with van der Waals surface area (Å²) < 4.78 is 27.8. The van der Waals surface area contributed by atoms with Crippen molar-refractivity contribution >= 4 is 15.7 Å². The van der Waals surface area contributed by atoms with Crippen LogP contribution in [0.4, 0.5) is 0 Å². The SMILES string of the molecule is C[C@H]1CN(C)CCN1C(=O)c1ccc(CS(C)(=O)=O)o1. The molecule has 2 rings (SSSR count). The maximum Gasteiger partial charge on any atom is 0.289 e. The maximum absolute atomic E-state index is 12.4. The van der Waals surface area contributed by atoms with Crippen LogP contribution in [0.15, 0.2) is 16.5 Å². The van der Waals surface area contributed by atoms with Gasteiger partial charge in [-0.3, -0.25) is 4.79 Å². The van der Waals surface area contributed by atoms with Crippen molar-refractivity contribution in [2.45, 2.75) is 18.7 Å². The summed E-state index contributed by atoms with van der Waals surface area (Å²) in [5.74, 6) is 0.154. The molecule has 1 aliphatic rings. The second kappa shape index (κ2) is 5.57. The summed E-state index contributed by atoms with van der Waals surface area (Å²) in [7, 11) is -1.13. The Kier molecular flexibility index (Phi) is 4.19. The van der Waals surface area contributed by atoms with E-state index in [0.29, 0.717) is 12.3 Å². The summed E-state index contributed by atoms with van der Waals surface area (Å²) in [5, 5.41) is 0. The number of carbonyl (C=O) groups is 1. The molecule has 0 spiro atoms. The fraction of sp³-hybridized carbons (Fsp3) is 0.615. The molecule has 1 aromatic rings. The normalized spacial score (nSPS) is 21.1. The van der Waals surface area contributed by atoms with Crippen molar-refractivity contribution in [2.75, 3.05) is 32.9 Å². The van der Waals surface area contributed by atoms with Gasteiger partial charge in [0.15, 0.2) is 15.6 Å². The molecule has 1 fully saturated rings. The summed E-state index contributed by atoms with van der Waals surface area (Å²) in [6.07, 6.45) is 1.14. The second-order valence-electron chi connectivity index (χ2n) is 5.45. The first-order valence-electron chi connectivity index (χ1n) is 6.52. The number of piperazine rings is 1. The van der Waals surface area contributed by atoms with Gasteiger partial charge in [0.25, 0.3) is 5.91 Å². The zero-order valence-corrected chi connectivity index (χ0v) is 12.8. The van der Waals surface area contributed by atoms with E-state index in [2.05, 4.69) is 4.90 Å². The van der Waals surface area contributed by atoms with Crippen molar-refractivity contribution < 1.29 is 17.6 Å². The molecule has 1 amide bonds. The highest BCUT2D eigenvalue weighted by atomic mass is 32.2. The Morgan fingerprint density at radius 2 is 2.10 bits per heavy atom. The van der Waals surface area contributed by atoms with Crippen LogP contribution >= 0.6 is 0 Å². The van der Waals surface area contributed by atoms with Gasteiger partial charge in [-0.15, -0.1) is 0 Å². The molecule has 0 saturated carbocycles.